The molecule has 6 heteroatoms. The zero-order valence-corrected chi connectivity index (χ0v) is 10.9. The van der Waals surface area contributed by atoms with Crippen molar-refractivity contribution < 1.29 is 0 Å². The van der Waals surface area contributed by atoms with Crippen molar-refractivity contribution >= 4 is 16.9 Å². The maximum atomic E-state index is 8.95. The molecule has 0 unspecified atom stereocenters. The smallest absolute Gasteiger partial charge is 0.182 e. The first kappa shape index (κ1) is 12.1. The van der Waals surface area contributed by atoms with Crippen LogP contribution in [-0.2, 0) is 6.54 Å². The third-order valence-corrected chi connectivity index (χ3v) is 2.99. The van der Waals surface area contributed by atoms with Crippen LogP contribution in [0.25, 0.3) is 11.0 Å². The lowest BCUT2D eigenvalue weighted by molar-refractivity contribution is 0.987. The molecule has 0 radical (unpaired) electrons. The van der Waals surface area contributed by atoms with E-state index in [0.29, 0.717) is 12.4 Å². The van der Waals surface area contributed by atoms with Gasteiger partial charge in [-0.15, -0.1) is 0 Å². The molecule has 0 aliphatic carbocycles. The monoisotopic (exact) mass is 264 g/mol. The number of rotatable bonds is 3. The number of aromatic amines is 1. The van der Waals surface area contributed by atoms with Gasteiger partial charge >= 0.3 is 0 Å². The molecule has 3 aromatic rings. The van der Waals surface area contributed by atoms with E-state index in [2.05, 4.69) is 25.3 Å². The number of benzene rings is 1. The molecule has 0 bridgehead atoms. The first-order chi connectivity index (χ1) is 9.78. The molecule has 0 aliphatic rings. The van der Waals surface area contributed by atoms with Gasteiger partial charge in [0.1, 0.15) is 11.9 Å². The van der Waals surface area contributed by atoms with Crippen LogP contribution in [0.5, 0.6) is 0 Å². The second-order valence-electron chi connectivity index (χ2n) is 4.37. The predicted octanol–water partition coefficient (Wildman–Crippen LogP) is 2.15. The average Bonchev–Trinajstić information content (AvgIpc) is 2.90. The molecular formula is C14H12N6. The first-order valence-electron chi connectivity index (χ1n) is 6.17. The fourth-order valence-corrected chi connectivity index (χ4v) is 2.03. The Labute approximate surface area is 115 Å². The molecular weight excluding hydrogens is 252 g/mol. The van der Waals surface area contributed by atoms with Gasteiger partial charge in [0.25, 0.3) is 0 Å². The SMILES string of the molecule is Cc1cccc2[nH]c(CNc3nccnc3C#N)nc12. The van der Waals surface area contributed by atoms with Crippen LogP contribution in [0.4, 0.5) is 5.82 Å². The third kappa shape index (κ3) is 2.17. The highest BCUT2D eigenvalue weighted by atomic mass is 15.1. The lowest BCUT2D eigenvalue weighted by Gasteiger charge is -2.03. The van der Waals surface area contributed by atoms with E-state index in [1.807, 2.05) is 31.2 Å². The highest BCUT2D eigenvalue weighted by Crippen LogP contribution is 2.16. The van der Waals surface area contributed by atoms with Crippen molar-refractivity contribution in [2.75, 3.05) is 5.32 Å². The summed E-state index contributed by atoms with van der Waals surface area (Å²) in [5.41, 5.74) is 3.37. The van der Waals surface area contributed by atoms with E-state index in [4.69, 9.17) is 5.26 Å². The Bertz CT molecular complexity index is 799. The molecule has 2 aromatic heterocycles. The standard InChI is InChI=1S/C14H12N6/c1-9-3-2-4-10-13(9)20-12(19-10)8-18-14-11(7-15)16-5-6-17-14/h2-6H,8H2,1H3,(H,17,18)(H,19,20). The summed E-state index contributed by atoms with van der Waals surface area (Å²) in [6.07, 6.45) is 3.04. The number of aryl methyl sites for hydroxylation is 1. The Hall–Kier alpha value is -2.94. The zero-order valence-electron chi connectivity index (χ0n) is 10.9. The summed E-state index contributed by atoms with van der Waals surface area (Å²) in [5, 5.41) is 12.0. The normalized spacial score (nSPS) is 10.4. The number of nitriles is 1. The number of hydrogen-bond acceptors (Lipinski definition) is 5. The van der Waals surface area contributed by atoms with Gasteiger partial charge in [-0.1, -0.05) is 12.1 Å². The van der Waals surface area contributed by atoms with Crippen LogP contribution in [0.1, 0.15) is 17.1 Å². The van der Waals surface area contributed by atoms with Gasteiger partial charge < -0.3 is 10.3 Å². The van der Waals surface area contributed by atoms with Crippen molar-refractivity contribution in [2.45, 2.75) is 13.5 Å². The number of H-pyrrole nitrogens is 1. The van der Waals surface area contributed by atoms with E-state index in [1.165, 1.54) is 6.20 Å². The fraction of sp³-hybridized carbons (Fsp3) is 0.143. The molecule has 0 atom stereocenters. The van der Waals surface area contributed by atoms with E-state index in [1.54, 1.807) is 6.20 Å². The summed E-state index contributed by atoms with van der Waals surface area (Å²) in [4.78, 5) is 15.8. The summed E-state index contributed by atoms with van der Waals surface area (Å²) < 4.78 is 0. The Kier molecular flexibility index (Phi) is 3.01. The number of fused-ring (bicyclic) bond motifs is 1. The molecule has 0 saturated heterocycles. The van der Waals surface area contributed by atoms with Crippen LogP contribution >= 0.6 is 0 Å². The van der Waals surface area contributed by atoms with Crippen LogP contribution in [0.3, 0.4) is 0 Å². The minimum Gasteiger partial charge on any atom is -0.360 e. The van der Waals surface area contributed by atoms with Crippen molar-refractivity contribution in [3.05, 3.63) is 47.7 Å². The molecule has 0 spiro atoms. The number of nitrogens with one attached hydrogen (secondary N) is 2. The van der Waals surface area contributed by atoms with Crippen LogP contribution in [0.2, 0.25) is 0 Å². The highest BCUT2D eigenvalue weighted by Gasteiger charge is 2.07. The fourth-order valence-electron chi connectivity index (χ4n) is 2.03. The molecule has 6 nitrogen and oxygen atoms in total. The van der Waals surface area contributed by atoms with Gasteiger partial charge in [-0.25, -0.2) is 15.0 Å². The van der Waals surface area contributed by atoms with Gasteiger partial charge in [-0.05, 0) is 18.6 Å². The van der Waals surface area contributed by atoms with Crippen LogP contribution in [-0.4, -0.2) is 19.9 Å². The molecule has 1 aromatic carbocycles. The van der Waals surface area contributed by atoms with Gasteiger partial charge in [0.2, 0.25) is 0 Å². The Morgan fingerprint density at radius 1 is 1.30 bits per heavy atom. The van der Waals surface area contributed by atoms with E-state index in [0.717, 1.165) is 22.4 Å². The lowest BCUT2D eigenvalue weighted by Crippen LogP contribution is -2.05. The quantitative estimate of drug-likeness (QED) is 0.756. The van der Waals surface area contributed by atoms with Crippen LogP contribution in [0.15, 0.2) is 30.6 Å². The number of para-hydroxylation sites is 1. The van der Waals surface area contributed by atoms with E-state index >= 15 is 0 Å². The van der Waals surface area contributed by atoms with Gasteiger partial charge in [-0.3, -0.25) is 0 Å². The van der Waals surface area contributed by atoms with Crippen LogP contribution < -0.4 is 5.32 Å². The van der Waals surface area contributed by atoms with Crippen molar-refractivity contribution in [2.24, 2.45) is 0 Å². The highest BCUT2D eigenvalue weighted by molar-refractivity contribution is 5.78. The maximum Gasteiger partial charge on any atom is 0.182 e. The van der Waals surface area contributed by atoms with E-state index in [-0.39, 0.29) is 5.69 Å². The molecule has 0 amide bonds. The maximum absolute atomic E-state index is 8.95. The van der Waals surface area contributed by atoms with Gasteiger partial charge in [0, 0.05) is 12.4 Å². The Morgan fingerprint density at radius 2 is 2.15 bits per heavy atom. The topological polar surface area (TPSA) is 90.3 Å². The summed E-state index contributed by atoms with van der Waals surface area (Å²) in [6.45, 7) is 2.48. The van der Waals surface area contributed by atoms with E-state index < -0.39 is 0 Å². The number of aromatic nitrogens is 4. The zero-order chi connectivity index (χ0) is 13.9. The summed E-state index contributed by atoms with van der Waals surface area (Å²) >= 11 is 0. The average molecular weight is 264 g/mol. The molecule has 2 heterocycles. The molecule has 0 fully saturated rings. The summed E-state index contributed by atoms with van der Waals surface area (Å²) in [6, 6.07) is 8.00. The molecule has 0 aliphatic heterocycles. The van der Waals surface area contributed by atoms with Gasteiger partial charge in [0.15, 0.2) is 11.5 Å². The Balaban J connectivity index is 1.84. The number of nitrogens with zero attached hydrogens (tertiary/aromatic N) is 4. The minimum absolute atomic E-state index is 0.278. The molecule has 3 rings (SSSR count). The van der Waals surface area contributed by atoms with Crippen molar-refractivity contribution in [3.8, 4) is 6.07 Å². The predicted molar refractivity (Wildman–Crippen MR) is 74.9 cm³/mol. The first-order valence-corrected chi connectivity index (χ1v) is 6.17. The van der Waals surface area contributed by atoms with E-state index in [9.17, 15) is 0 Å². The van der Waals surface area contributed by atoms with Crippen molar-refractivity contribution in [1.82, 2.24) is 19.9 Å². The van der Waals surface area contributed by atoms with Crippen molar-refractivity contribution in [3.63, 3.8) is 0 Å². The number of imidazole rings is 1. The molecule has 2 N–H and O–H groups in total. The second-order valence-corrected chi connectivity index (χ2v) is 4.37. The number of hydrogen-bond donors (Lipinski definition) is 2. The van der Waals surface area contributed by atoms with Gasteiger partial charge in [-0.2, -0.15) is 5.26 Å². The second kappa shape index (κ2) is 4.97. The Morgan fingerprint density at radius 3 is 2.95 bits per heavy atom. The molecule has 98 valence electrons. The summed E-state index contributed by atoms with van der Waals surface area (Å²) in [5.74, 6) is 1.26. The van der Waals surface area contributed by atoms with Crippen LogP contribution in [0, 0.1) is 18.3 Å². The molecule has 20 heavy (non-hydrogen) atoms. The lowest BCUT2D eigenvalue weighted by atomic mass is 10.2. The van der Waals surface area contributed by atoms with Gasteiger partial charge in [0.05, 0.1) is 17.6 Å². The molecule has 0 saturated carbocycles. The largest absolute Gasteiger partial charge is 0.360 e. The third-order valence-electron chi connectivity index (χ3n) is 2.99. The summed E-state index contributed by atoms with van der Waals surface area (Å²) in [7, 11) is 0. The number of anilines is 1. The minimum atomic E-state index is 0.278. The van der Waals surface area contributed by atoms with Crippen molar-refractivity contribution in [1.29, 1.82) is 5.26 Å².